The summed E-state index contributed by atoms with van der Waals surface area (Å²) in [5, 5.41) is 0. The first-order valence-corrected chi connectivity index (χ1v) is 7.24. The van der Waals surface area contributed by atoms with Gasteiger partial charge >= 0.3 is 0 Å². The average molecular weight is 287 g/mol. The number of alkyl halides is 1. The van der Waals surface area contributed by atoms with E-state index in [4.69, 9.17) is 0 Å². The third kappa shape index (κ3) is 1.40. The molecule has 0 saturated heterocycles. The van der Waals surface area contributed by atoms with Gasteiger partial charge in [-0.25, -0.2) is 0 Å². The number of para-hydroxylation sites is 1. The second kappa shape index (κ2) is 3.51. The molecule has 1 aromatic carbocycles. The monoisotopic (exact) mass is 286 g/mol. The van der Waals surface area contributed by atoms with Crippen LogP contribution in [-0.2, 0) is 6.54 Å². The number of hydrogen-bond acceptors (Lipinski definition) is 2. The van der Waals surface area contributed by atoms with Crippen molar-refractivity contribution in [2.45, 2.75) is 15.7 Å². The van der Waals surface area contributed by atoms with Crippen LogP contribution in [0.15, 0.2) is 28.6 Å². The fourth-order valence-electron chi connectivity index (χ4n) is 1.71. The van der Waals surface area contributed by atoms with Gasteiger partial charge in [0.05, 0.1) is 4.83 Å². The summed E-state index contributed by atoms with van der Waals surface area (Å²) in [6, 6.07) is 8.64. The van der Waals surface area contributed by atoms with Gasteiger partial charge in [-0.3, -0.25) is 0 Å². The molecule has 14 heavy (non-hydrogen) atoms. The molecule has 1 atom stereocenters. The summed E-state index contributed by atoms with van der Waals surface area (Å²) in [7, 11) is 0. The molecule has 1 aromatic heterocycles. The maximum Gasteiger partial charge on any atom is 0.298 e. The van der Waals surface area contributed by atoms with E-state index in [0.717, 1.165) is 6.54 Å². The van der Waals surface area contributed by atoms with E-state index in [1.807, 2.05) is 23.1 Å². The third-order valence-corrected chi connectivity index (χ3v) is 5.98. The highest BCUT2D eigenvalue weighted by atomic mass is 79.9. The molecule has 0 radical (unpaired) electrons. The molecule has 2 aromatic rings. The Kier molecular flexibility index (Phi) is 2.30. The quantitative estimate of drug-likeness (QED) is 0.532. The molecule has 1 aliphatic heterocycles. The van der Waals surface area contributed by atoms with Crippen LogP contribution in [0, 0.1) is 0 Å². The van der Waals surface area contributed by atoms with Gasteiger partial charge in [0.25, 0.3) is 4.34 Å². The topological polar surface area (TPSA) is 3.88 Å². The predicted octanol–water partition coefficient (Wildman–Crippen LogP) is 3.06. The first-order chi connectivity index (χ1) is 6.84. The maximum atomic E-state index is 3.69. The molecule has 2 heterocycles. The van der Waals surface area contributed by atoms with Gasteiger partial charge in [-0.1, -0.05) is 39.4 Å². The van der Waals surface area contributed by atoms with Gasteiger partial charge in [0.2, 0.25) is 5.52 Å². The Morgan fingerprint density at radius 3 is 3.14 bits per heavy atom. The smallest absolute Gasteiger partial charge is 0.175 e. The number of thiazole rings is 1. The average Bonchev–Trinajstić information content (AvgIpc) is 2.56. The van der Waals surface area contributed by atoms with E-state index < -0.39 is 0 Å². The van der Waals surface area contributed by atoms with Crippen molar-refractivity contribution in [3.8, 4) is 0 Å². The Bertz CT molecular complexity index is 480. The van der Waals surface area contributed by atoms with Crippen molar-refractivity contribution in [3.05, 3.63) is 24.3 Å². The number of nitrogens with zero attached hydrogens (tertiary/aromatic N) is 1. The number of hydrogen-bond donors (Lipinski definition) is 0. The van der Waals surface area contributed by atoms with Crippen LogP contribution in [0.4, 0.5) is 0 Å². The minimum absolute atomic E-state index is 0.614. The van der Waals surface area contributed by atoms with Crippen LogP contribution in [0.25, 0.3) is 10.2 Å². The Morgan fingerprint density at radius 1 is 1.36 bits per heavy atom. The van der Waals surface area contributed by atoms with Crippen LogP contribution in [0.1, 0.15) is 0 Å². The summed E-state index contributed by atoms with van der Waals surface area (Å²) in [5.74, 6) is 1.19. The first kappa shape index (κ1) is 9.19. The van der Waals surface area contributed by atoms with Crippen molar-refractivity contribution >= 4 is 49.2 Å². The number of fused-ring (bicyclic) bond motifs is 3. The predicted molar refractivity (Wildman–Crippen MR) is 65.5 cm³/mol. The standard InChI is InChI=1S/C10H9BrNS2/c11-7-5-12-8-3-1-2-4-9(8)14-10(12)13-6-7/h1-4,7H,5-6H2/q+1. The summed E-state index contributed by atoms with van der Waals surface area (Å²) in [6.45, 7) is 1.10. The van der Waals surface area contributed by atoms with Crippen LogP contribution in [0.3, 0.4) is 0 Å². The zero-order valence-corrected chi connectivity index (χ0v) is 10.7. The van der Waals surface area contributed by atoms with E-state index >= 15 is 0 Å². The van der Waals surface area contributed by atoms with Crippen LogP contribution < -0.4 is 4.57 Å². The Labute approximate surface area is 99.3 Å². The largest absolute Gasteiger partial charge is 0.298 e. The zero-order valence-electron chi connectivity index (χ0n) is 7.44. The second-order valence-electron chi connectivity index (χ2n) is 3.35. The molecule has 0 bridgehead atoms. The van der Waals surface area contributed by atoms with Crippen molar-refractivity contribution < 1.29 is 4.57 Å². The summed E-state index contributed by atoms with van der Waals surface area (Å²) >= 11 is 7.56. The van der Waals surface area contributed by atoms with Crippen LogP contribution >= 0.6 is 39.0 Å². The van der Waals surface area contributed by atoms with E-state index in [-0.39, 0.29) is 0 Å². The van der Waals surface area contributed by atoms with Gasteiger partial charge < -0.3 is 0 Å². The van der Waals surface area contributed by atoms with Gasteiger partial charge in [-0.2, -0.15) is 4.57 Å². The van der Waals surface area contributed by atoms with Gasteiger partial charge in [-0.15, -0.1) is 0 Å². The highest BCUT2D eigenvalue weighted by Crippen LogP contribution is 2.32. The van der Waals surface area contributed by atoms with Crippen molar-refractivity contribution in [1.82, 2.24) is 0 Å². The number of halogens is 1. The Hall–Kier alpha value is -0.0600. The molecular formula is C10H9BrNS2+. The van der Waals surface area contributed by atoms with E-state index in [1.165, 1.54) is 20.3 Å². The summed E-state index contributed by atoms with van der Waals surface area (Å²) in [6.07, 6.45) is 0. The fraction of sp³-hybridized carbons (Fsp3) is 0.300. The fourth-order valence-corrected chi connectivity index (χ4v) is 4.76. The normalized spacial score (nSPS) is 21.1. The highest BCUT2D eigenvalue weighted by Gasteiger charge is 2.28. The molecule has 0 amide bonds. The molecule has 3 rings (SSSR count). The van der Waals surface area contributed by atoms with Crippen LogP contribution in [0.2, 0.25) is 0 Å². The van der Waals surface area contributed by atoms with E-state index in [9.17, 15) is 0 Å². The molecule has 0 fully saturated rings. The lowest BCUT2D eigenvalue weighted by molar-refractivity contribution is -0.702. The van der Waals surface area contributed by atoms with Crippen molar-refractivity contribution in [2.75, 3.05) is 5.75 Å². The number of thioether (sulfide) groups is 1. The van der Waals surface area contributed by atoms with Gasteiger partial charge in [0.1, 0.15) is 4.70 Å². The summed E-state index contributed by atoms with van der Waals surface area (Å²) < 4.78 is 5.27. The summed E-state index contributed by atoms with van der Waals surface area (Å²) in [5.41, 5.74) is 1.38. The number of benzene rings is 1. The molecule has 1 unspecified atom stereocenters. The Balaban J connectivity index is 2.25. The SMILES string of the molecule is BrC1CSc2sc3ccccc3[n+]2C1. The minimum atomic E-state index is 0.614. The lowest BCUT2D eigenvalue weighted by Gasteiger charge is -2.10. The second-order valence-corrected chi connectivity index (χ2v) is 6.95. The molecule has 0 N–H and O–H groups in total. The summed E-state index contributed by atoms with van der Waals surface area (Å²) in [4.78, 5) is 0.614. The van der Waals surface area contributed by atoms with Crippen LogP contribution in [0.5, 0.6) is 0 Å². The number of aromatic nitrogens is 1. The molecule has 0 aliphatic carbocycles. The van der Waals surface area contributed by atoms with Gasteiger partial charge in [0.15, 0.2) is 6.54 Å². The van der Waals surface area contributed by atoms with Gasteiger partial charge in [-0.05, 0) is 17.8 Å². The molecule has 4 heteroatoms. The van der Waals surface area contributed by atoms with Gasteiger partial charge in [0, 0.05) is 11.8 Å². The van der Waals surface area contributed by atoms with Crippen LogP contribution in [-0.4, -0.2) is 10.6 Å². The van der Waals surface area contributed by atoms with E-state index in [2.05, 4.69) is 44.8 Å². The zero-order chi connectivity index (χ0) is 9.54. The molecule has 0 spiro atoms. The first-order valence-electron chi connectivity index (χ1n) is 4.53. The molecule has 0 saturated carbocycles. The number of rotatable bonds is 0. The van der Waals surface area contributed by atoms with Crippen molar-refractivity contribution in [1.29, 1.82) is 0 Å². The molecule has 1 nitrogen and oxygen atoms in total. The lowest BCUT2D eigenvalue weighted by Crippen LogP contribution is -2.42. The van der Waals surface area contributed by atoms with E-state index in [0.29, 0.717) is 4.83 Å². The molecule has 1 aliphatic rings. The van der Waals surface area contributed by atoms with Crippen molar-refractivity contribution in [2.24, 2.45) is 0 Å². The third-order valence-electron chi connectivity index (χ3n) is 2.34. The lowest BCUT2D eigenvalue weighted by atomic mass is 10.3. The van der Waals surface area contributed by atoms with Crippen molar-refractivity contribution in [3.63, 3.8) is 0 Å². The molecular weight excluding hydrogens is 278 g/mol. The Morgan fingerprint density at radius 2 is 2.21 bits per heavy atom. The highest BCUT2D eigenvalue weighted by molar-refractivity contribution is 9.09. The van der Waals surface area contributed by atoms with E-state index in [1.54, 1.807) is 0 Å². The maximum absolute atomic E-state index is 3.69. The minimum Gasteiger partial charge on any atom is -0.175 e. The molecule has 72 valence electrons.